The number of carbonyl (C=O) groups excluding carboxylic acids is 3. The van der Waals surface area contributed by atoms with Gasteiger partial charge in [0.2, 0.25) is 17.5 Å². The van der Waals surface area contributed by atoms with Crippen molar-refractivity contribution in [3.63, 3.8) is 0 Å². The number of Topliss-reactive ketones (excluding diaryl/α,β-unsaturated/α-hetero) is 2. The van der Waals surface area contributed by atoms with Crippen molar-refractivity contribution in [2.75, 3.05) is 5.32 Å². The van der Waals surface area contributed by atoms with E-state index in [1.807, 2.05) is 0 Å². The average molecular weight is 374 g/mol. The van der Waals surface area contributed by atoms with Crippen LogP contribution in [0, 0.1) is 16.7 Å². The van der Waals surface area contributed by atoms with E-state index in [9.17, 15) is 27.6 Å². The average Bonchev–Trinajstić information content (AvgIpc) is 2.84. The van der Waals surface area contributed by atoms with Crippen molar-refractivity contribution < 1.29 is 27.6 Å². The lowest BCUT2D eigenvalue weighted by molar-refractivity contribution is -0.147. The number of carbonyl (C=O) groups is 3. The molecule has 2 bridgehead atoms. The van der Waals surface area contributed by atoms with E-state index in [4.69, 9.17) is 11.6 Å². The summed E-state index contributed by atoms with van der Waals surface area (Å²) in [5, 5.41) is 2.26. The predicted molar refractivity (Wildman–Crippen MR) is 84.0 cm³/mol. The van der Waals surface area contributed by atoms with Crippen LogP contribution in [0.15, 0.2) is 18.2 Å². The van der Waals surface area contributed by atoms with Crippen molar-refractivity contribution in [3.05, 3.63) is 28.8 Å². The summed E-state index contributed by atoms with van der Waals surface area (Å²) in [7, 11) is 0. The minimum atomic E-state index is -4.60. The molecule has 0 radical (unpaired) electrons. The molecule has 0 aliphatic heterocycles. The van der Waals surface area contributed by atoms with E-state index in [2.05, 4.69) is 5.32 Å². The first-order valence-electron chi connectivity index (χ1n) is 7.70. The molecule has 0 spiro atoms. The topological polar surface area (TPSA) is 63.2 Å². The highest BCUT2D eigenvalue weighted by Gasteiger charge is 2.72. The van der Waals surface area contributed by atoms with Gasteiger partial charge in [-0.2, -0.15) is 13.2 Å². The summed E-state index contributed by atoms with van der Waals surface area (Å²) in [5.41, 5.74) is -3.66. The van der Waals surface area contributed by atoms with Gasteiger partial charge in [0.15, 0.2) is 0 Å². The van der Waals surface area contributed by atoms with Gasteiger partial charge in [0.1, 0.15) is 5.41 Å². The SMILES string of the molecule is CC1(C)[C@H]2CC[C@@]1(C(=O)Nc1cc(C(F)(F)F)ccc1Cl)C(=O)C2=O. The molecule has 3 rings (SSSR count). The van der Waals surface area contributed by atoms with Gasteiger partial charge in [-0.1, -0.05) is 25.4 Å². The van der Waals surface area contributed by atoms with Crippen LogP contribution in [0.25, 0.3) is 0 Å². The van der Waals surface area contributed by atoms with Crippen molar-refractivity contribution in [1.82, 2.24) is 0 Å². The van der Waals surface area contributed by atoms with Crippen molar-refractivity contribution in [2.24, 2.45) is 16.7 Å². The summed E-state index contributed by atoms with van der Waals surface area (Å²) in [5.74, 6) is -2.67. The number of alkyl halides is 3. The fourth-order valence-electron chi connectivity index (χ4n) is 4.11. The van der Waals surface area contributed by atoms with Gasteiger partial charge >= 0.3 is 6.18 Å². The van der Waals surface area contributed by atoms with Crippen LogP contribution in [0.3, 0.4) is 0 Å². The van der Waals surface area contributed by atoms with E-state index in [1.54, 1.807) is 13.8 Å². The molecular weight excluding hydrogens is 359 g/mol. The standard InChI is InChI=1S/C17H15ClF3NO3/c1-15(2)9-5-6-16(15,13(24)12(9)23)14(25)22-11-7-8(17(19,20)21)3-4-10(11)18/h3-4,7,9H,5-6H2,1-2H3,(H,22,25)/t9-,16-/m0/s1. The zero-order valence-electron chi connectivity index (χ0n) is 13.5. The maximum Gasteiger partial charge on any atom is 0.416 e. The molecule has 2 aliphatic rings. The Morgan fingerprint density at radius 1 is 1.28 bits per heavy atom. The second-order valence-corrected chi connectivity index (χ2v) is 7.47. The number of amides is 1. The van der Waals surface area contributed by atoms with Crippen LogP contribution in [0.1, 0.15) is 32.3 Å². The Morgan fingerprint density at radius 3 is 2.44 bits per heavy atom. The van der Waals surface area contributed by atoms with Crippen molar-refractivity contribution in [3.8, 4) is 0 Å². The molecule has 25 heavy (non-hydrogen) atoms. The summed E-state index contributed by atoms with van der Waals surface area (Å²) in [6.45, 7) is 3.33. The van der Waals surface area contributed by atoms with Crippen molar-refractivity contribution in [2.45, 2.75) is 32.9 Å². The number of fused-ring (bicyclic) bond motifs is 2. The third-order valence-electron chi connectivity index (χ3n) is 5.64. The number of benzene rings is 1. The first kappa shape index (κ1) is 17.9. The van der Waals surface area contributed by atoms with Gasteiger partial charge in [-0.15, -0.1) is 0 Å². The van der Waals surface area contributed by atoms with Gasteiger partial charge in [-0.25, -0.2) is 0 Å². The Bertz CT molecular complexity index is 803. The number of anilines is 1. The number of hydrogen-bond acceptors (Lipinski definition) is 3. The molecule has 0 aromatic heterocycles. The predicted octanol–water partition coefficient (Wildman–Crippen LogP) is 3.87. The van der Waals surface area contributed by atoms with E-state index in [-0.39, 0.29) is 17.1 Å². The van der Waals surface area contributed by atoms with Crippen LogP contribution in [0.5, 0.6) is 0 Å². The lowest BCUT2D eigenvalue weighted by Gasteiger charge is -2.34. The van der Waals surface area contributed by atoms with E-state index < -0.39 is 46.0 Å². The molecule has 134 valence electrons. The van der Waals surface area contributed by atoms with Gasteiger partial charge < -0.3 is 5.32 Å². The van der Waals surface area contributed by atoms with E-state index in [0.717, 1.165) is 18.2 Å². The fourth-order valence-corrected chi connectivity index (χ4v) is 4.28. The van der Waals surface area contributed by atoms with Gasteiger partial charge in [-0.05, 0) is 36.5 Å². The van der Waals surface area contributed by atoms with E-state index in [0.29, 0.717) is 6.42 Å². The molecular formula is C17H15ClF3NO3. The first-order chi connectivity index (χ1) is 11.4. The Morgan fingerprint density at radius 2 is 1.92 bits per heavy atom. The molecule has 1 amide bonds. The lowest BCUT2D eigenvalue weighted by Crippen LogP contribution is -2.47. The van der Waals surface area contributed by atoms with Crippen LogP contribution in [0.4, 0.5) is 18.9 Å². The Hall–Kier alpha value is -1.89. The third kappa shape index (κ3) is 2.32. The summed E-state index contributed by atoms with van der Waals surface area (Å²) < 4.78 is 38.6. The fraction of sp³-hybridized carbons (Fsp3) is 0.471. The highest BCUT2D eigenvalue weighted by molar-refractivity contribution is 6.48. The highest BCUT2D eigenvalue weighted by Crippen LogP contribution is 2.62. The van der Waals surface area contributed by atoms with Gasteiger partial charge in [0, 0.05) is 5.92 Å². The van der Waals surface area contributed by atoms with Crippen LogP contribution < -0.4 is 5.32 Å². The summed E-state index contributed by atoms with van der Waals surface area (Å²) in [4.78, 5) is 37.4. The molecule has 1 N–H and O–H groups in total. The number of rotatable bonds is 2. The van der Waals surface area contributed by atoms with Crippen LogP contribution >= 0.6 is 11.6 Å². The molecule has 2 saturated carbocycles. The molecule has 0 unspecified atom stereocenters. The van der Waals surface area contributed by atoms with Gasteiger partial charge in [-0.3, -0.25) is 14.4 Å². The molecule has 2 fully saturated rings. The van der Waals surface area contributed by atoms with Crippen molar-refractivity contribution >= 4 is 34.8 Å². The van der Waals surface area contributed by atoms with Gasteiger partial charge in [0.25, 0.3) is 0 Å². The maximum atomic E-state index is 12.9. The number of nitrogens with one attached hydrogen (secondary N) is 1. The summed E-state index contributed by atoms with van der Waals surface area (Å²) in [6.07, 6.45) is -4.00. The molecule has 2 aliphatic carbocycles. The Kier molecular flexibility index (Phi) is 3.80. The van der Waals surface area contributed by atoms with Crippen LogP contribution in [-0.2, 0) is 20.6 Å². The van der Waals surface area contributed by atoms with Crippen LogP contribution in [-0.4, -0.2) is 17.5 Å². The Balaban J connectivity index is 1.98. The molecule has 1 aromatic rings. The molecule has 8 heteroatoms. The number of halogens is 4. The lowest BCUT2D eigenvalue weighted by atomic mass is 9.68. The smallest absolute Gasteiger partial charge is 0.324 e. The van der Waals surface area contributed by atoms with E-state index in [1.165, 1.54) is 0 Å². The first-order valence-corrected chi connectivity index (χ1v) is 8.07. The molecule has 4 nitrogen and oxygen atoms in total. The highest BCUT2D eigenvalue weighted by atomic mass is 35.5. The summed E-state index contributed by atoms with van der Waals surface area (Å²) in [6, 6.07) is 2.55. The number of ketones is 2. The van der Waals surface area contributed by atoms with Crippen LogP contribution in [0.2, 0.25) is 5.02 Å². The zero-order chi connectivity index (χ0) is 18.8. The molecule has 0 heterocycles. The van der Waals surface area contributed by atoms with Gasteiger partial charge in [0.05, 0.1) is 16.3 Å². The van der Waals surface area contributed by atoms with E-state index >= 15 is 0 Å². The number of hydrogen-bond donors (Lipinski definition) is 1. The minimum absolute atomic E-state index is 0.0816. The molecule has 2 atom stereocenters. The second kappa shape index (κ2) is 5.30. The quantitative estimate of drug-likeness (QED) is 0.632. The molecule has 1 aromatic carbocycles. The maximum absolute atomic E-state index is 12.9. The minimum Gasteiger partial charge on any atom is -0.324 e. The summed E-state index contributed by atoms with van der Waals surface area (Å²) >= 11 is 5.90. The monoisotopic (exact) mass is 373 g/mol. The largest absolute Gasteiger partial charge is 0.416 e. The van der Waals surface area contributed by atoms with Crippen molar-refractivity contribution in [1.29, 1.82) is 0 Å². The Labute approximate surface area is 146 Å². The third-order valence-corrected chi connectivity index (χ3v) is 5.97. The normalized spacial score (nSPS) is 27.7. The zero-order valence-corrected chi connectivity index (χ0v) is 14.2. The molecule has 0 saturated heterocycles. The second-order valence-electron chi connectivity index (χ2n) is 7.06.